The van der Waals surface area contributed by atoms with Crippen LogP contribution in [0.1, 0.15) is 72.6 Å². The highest BCUT2D eigenvalue weighted by Crippen LogP contribution is 2.16. The largest absolute Gasteiger partial charge is 0.314 e. The van der Waals surface area contributed by atoms with Gasteiger partial charge >= 0.3 is 0 Å². The lowest BCUT2D eigenvalue weighted by Gasteiger charge is -2.28. The van der Waals surface area contributed by atoms with E-state index in [0.29, 0.717) is 12.1 Å². The van der Waals surface area contributed by atoms with Gasteiger partial charge in [0.25, 0.3) is 0 Å². The monoisotopic (exact) mass is 254 g/mol. The minimum atomic E-state index is 0.635. The molecule has 0 saturated carbocycles. The van der Waals surface area contributed by atoms with Gasteiger partial charge in [0.1, 0.15) is 0 Å². The van der Waals surface area contributed by atoms with Crippen molar-refractivity contribution in [3.63, 3.8) is 0 Å². The fourth-order valence-electron chi connectivity index (χ4n) is 3.38. The summed E-state index contributed by atoms with van der Waals surface area (Å²) >= 11 is 0. The summed E-state index contributed by atoms with van der Waals surface area (Å²) in [4.78, 5) is 0. The van der Waals surface area contributed by atoms with Crippen LogP contribution in [0.3, 0.4) is 0 Å². The number of hydrogen-bond donors (Lipinski definition) is 2. The Bertz CT molecular complexity index is 189. The van der Waals surface area contributed by atoms with E-state index >= 15 is 0 Å². The molecule has 0 aliphatic carbocycles. The van der Waals surface area contributed by atoms with Gasteiger partial charge in [-0.15, -0.1) is 0 Å². The first-order valence-corrected chi connectivity index (χ1v) is 8.16. The van der Waals surface area contributed by atoms with Crippen LogP contribution < -0.4 is 10.6 Å². The molecule has 0 aromatic heterocycles. The van der Waals surface area contributed by atoms with E-state index in [4.69, 9.17) is 0 Å². The number of hydrogen-bond acceptors (Lipinski definition) is 2. The van der Waals surface area contributed by atoms with Crippen LogP contribution in [0.2, 0.25) is 0 Å². The summed E-state index contributed by atoms with van der Waals surface area (Å²) in [6.45, 7) is 10.5. The fraction of sp³-hybridized carbons (Fsp3) is 1.00. The highest BCUT2D eigenvalue weighted by Gasteiger charge is 2.19. The Balaban J connectivity index is 2.28. The van der Waals surface area contributed by atoms with Crippen LogP contribution in [0.4, 0.5) is 0 Å². The lowest BCUT2D eigenvalue weighted by molar-refractivity contribution is 0.304. The normalized spacial score (nSPS) is 24.8. The molecule has 3 atom stereocenters. The van der Waals surface area contributed by atoms with E-state index in [-0.39, 0.29) is 0 Å². The van der Waals surface area contributed by atoms with E-state index in [1.807, 2.05) is 0 Å². The van der Waals surface area contributed by atoms with Gasteiger partial charge in [0.15, 0.2) is 0 Å². The van der Waals surface area contributed by atoms with Crippen molar-refractivity contribution >= 4 is 0 Å². The van der Waals surface area contributed by atoms with Crippen LogP contribution in [0, 0.1) is 5.92 Å². The van der Waals surface area contributed by atoms with E-state index in [0.717, 1.165) is 12.0 Å². The first-order chi connectivity index (χ1) is 8.67. The first-order valence-electron chi connectivity index (χ1n) is 8.16. The van der Waals surface area contributed by atoms with Crippen molar-refractivity contribution in [2.75, 3.05) is 6.54 Å². The quantitative estimate of drug-likeness (QED) is 0.723. The Labute approximate surface area is 114 Å². The Morgan fingerprint density at radius 3 is 2.50 bits per heavy atom. The molecule has 1 aliphatic rings. The molecule has 1 saturated heterocycles. The van der Waals surface area contributed by atoms with E-state index < -0.39 is 0 Å². The van der Waals surface area contributed by atoms with Crippen LogP contribution in [-0.2, 0) is 0 Å². The van der Waals surface area contributed by atoms with E-state index in [9.17, 15) is 0 Å². The zero-order valence-electron chi connectivity index (χ0n) is 13.0. The van der Waals surface area contributed by atoms with Gasteiger partial charge < -0.3 is 10.6 Å². The van der Waals surface area contributed by atoms with Gasteiger partial charge in [0, 0.05) is 18.1 Å². The standard InChI is InChI=1S/C16H34N2/c1-5-15(6-2)14(4)18-13(3)12-16-10-8-7-9-11-17-16/h13-18H,5-12H2,1-4H3. The van der Waals surface area contributed by atoms with Gasteiger partial charge in [-0.2, -0.15) is 0 Å². The average Bonchev–Trinajstić information content (AvgIpc) is 2.59. The topological polar surface area (TPSA) is 24.1 Å². The minimum absolute atomic E-state index is 0.635. The number of rotatable bonds is 7. The summed E-state index contributed by atoms with van der Waals surface area (Å²) in [5, 5.41) is 7.51. The SMILES string of the molecule is CCC(CC)C(C)NC(C)CC1CCCCCN1. The molecule has 0 aromatic rings. The third-order valence-corrected chi connectivity index (χ3v) is 4.60. The van der Waals surface area contributed by atoms with Crippen molar-refractivity contribution in [1.82, 2.24) is 10.6 Å². The summed E-state index contributed by atoms with van der Waals surface area (Å²) < 4.78 is 0. The molecule has 0 spiro atoms. The Morgan fingerprint density at radius 2 is 1.83 bits per heavy atom. The molecule has 0 amide bonds. The molecular formula is C16H34N2. The molecule has 1 heterocycles. The molecule has 18 heavy (non-hydrogen) atoms. The minimum Gasteiger partial charge on any atom is -0.314 e. The van der Waals surface area contributed by atoms with Crippen LogP contribution in [0.5, 0.6) is 0 Å². The zero-order chi connectivity index (χ0) is 13.4. The highest BCUT2D eigenvalue weighted by atomic mass is 15.0. The highest BCUT2D eigenvalue weighted by molar-refractivity contribution is 4.79. The third kappa shape index (κ3) is 5.71. The van der Waals surface area contributed by atoms with Crippen molar-refractivity contribution in [2.24, 2.45) is 5.92 Å². The maximum absolute atomic E-state index is 3.81. The van der Waals surface area contributed by atoms with Gasteiger partial charge in [-0.05, 0) is 45.6 Å². The molecular weight excluding hydrogens is 220 g/mol. The molecule has 1 aliphatic heterocycles. The molecule has 1 rings (SSSR count). The van der Waals surface area contributed by atoms with Crippen LogP contribution >= 0.6 is 0 Å². The van der Waals surface area contributed by atoms with E-state index in [1.165, 1.54) is 51.5 Å². The molecule has 1 fully saturated rings. The van der Waals surface area contributed by atoms with Gasteiger partial charge in [-0.3, -0.25) is 0 Å². The fourth-order valence-corrected chi connectivity index (χ4v) is 3.38. The van der Waals surface area contributed by atoms with Crippen LogP contribution in [0.25, 0.3) is 0 Å². The molecule has 0 bridgehead atoms. The van der Waals surface area contributed by atoms with Gasteiger partial charge in [-0.25, -0.2) is 0 Å². The zero-order valence-corrected chi connectivity index (χ0v) is 13.0. The summed E-state index contributed by atoms with van der Waals surface area (Å²) in [7, 11) is 0. The molecule has 2 N–H and O–H groups in total. The maximum Gasteiger partial charge on any atom is 0.00817 e. The summed E-state index contributed by atoms with van der Waals surface area (Å²) in [6, 6.07) is 2.03. The Morgan fingerprint density at radius 1 is 1.11 bits per heavy atom. The van der Waals surface area contributed by atoms with Crippen LogP contribution in [-0.4, -0.2) is 24.7 Å². The average molecular weight is 254 g/mol. The van der Waals surface area contributed by atoms with Crippen molar-refractivity contribution in [1.29, 1.82) is 0 Å². The first kappa shape index (κ1) is 16.0. The maximum atomic E-state index is 3.81. The Hall–Kier alpha value is -0.0800. The molecule has 2 heteroatoms. The van der Waals surface area contributed by atoms with Crippen molar-refractivity contribution in [2.45, 2.75) is 90.8 Å². The van der Waals surface area contributed by atoms with E-state index in [1.54, 1.807) is 0 Å². The molecule has 108 valence electrons. The second kappa shape index (κ2) is 8.92. The molecule has 0 aromatic carbocycles. The van der Waals surface area contributed by atoms with Crippen LogP contribution in [0.15, 0.2) is 0 Å². The Kier molecular flexibility index (Phi) is 7.92. The van der Waals surface area contributed by atoms with E-state index in [2.05, 4.69) is 38.3 Å². The molecule has 2 nitrogen and oxygen atoms in total. The van der Waals surface area contributed by atoms with Crippen molar-refractivity contribution in [3.8, 4) is 0 Å². The lowest BCUT2D eigenvalue weighted by atomic mass is 9.94. The number of nitrogens with one attached hydrogen (secondary N) is 2. The molecule has 3 unspecified atom stereocenters. The summed E-state index contributed by atoms with van der Waals surface area (Å²) in [6.07, 6.45) is 9.42. The summed E-state index contributed by atoms with van der Waals surface area (Å²) in [5.74, 6) is 0.828. The van der Waals surface area contributed by atoms with Gasteiger partial charge in [0.2, 0.25) is 0 Å². The predicted octanol–water partition coefficient (Wildman–Crippen LogP) is 3.71. The summed E-state index contributed by atoms with van der Waals surface area (Å²) in [5.41, 5.74) is 0. The lowest BCUT2D eigenvalue weighted by Crippen LogP contribution is -2.43. The smallest absolute Gasteiger partial charge is 0.00817 e. The third-order valence-electron chi connectivity index (χ3n) is 4.60. The molecule has 0 radical (unpaired) electrons. The predicted molar refractivity (Wildman–Crippen MR) is 81.0 cm³/mol. The van der Waals surface area contributed by atoms with Crippen molar-refractivity contribution < 1.29 is 0 Å². The van der Waals surface area contributed by atoms with Gasteiger partial charge in [-0.1, -0.05) is 39.5 Å². The second-order valence-corrected chi connectivity index (χ2v) is 6.17. The second-order valence-electron chi connectivity index (χ2n) is 6.17. The van der Waals surface area contributed by atoms with Crippen molar-refractivity contribution in [3.05, 3.63) is 0 Å². The van der Waals surface area contributed by atoms with Gasteiger partial charge in [0.05, 0.1) is 0 Å².